The standard InChI is InChI=1S/C19H21ClN2O2S/c1-13(2)24-17-8-4-15(5-9-17)12-21-22-19(23)14(3)25-18-10-6-16(20)7-11-18/h4-14H,1-3H3,(H,22,23)/b21-12-/t14-/m0/s1. The second-order valence-corrected chi connectivity index (χ2v) is 7.53. The Kier molecular flexibility index (Phi) is 7.34. The summed E-state index contributed by atoms with van der Waals surface area (Å²) in [5, 5.41) is 4.42. The van der Waals surface area contributed by atoms with Gasteiger partial charge in [-0.1, -0.05) is 11.6 Å². The maximum absolute atomic E-state index is 12.1. The Morgan fingerprint density at radius 2 is 1.76 bits per heavy atom. The Hall–Kier alpha value is -1.98. The van der Waals surface area contributed by atoms with Gasteiger partial charge in [-0.25, -0.2) is 5.43 Å². The van der Waals surface area contributed by atoms with Gasteiger partial charge in [0.05, 0.1) is 17.6 Å². The van der Waals surface area contributed by atoms with Crippen LogP contribution in [0.15, 0.2) is 58.5 Å². The Morgan fingerprint density at radius 1 is 1.12 bits per heavy atom. The number of nitrogens with one attached hydrogen (secondary N) is 1. The fraction of sp³-hybridized carbons (Fsp3) is 0.263. The number of hydrogen-bond acceptors (Lipinski definition) is 4. The lowest BCUT2D eigenvalue weighted by Crippen LogP contribution is -2.26. The van der Waals surface area contributed by atoms with Crippen LogP contribution in [0.25, 0.3) is 0 Å². The van der Waals surface area contributed by atoms with Gasteiger partial charge in [-0.2, -0.15) is 5.10 Å². The SMILES string of the molecule is CC(C)Oc1ccc(/C=N\NC(=O)[C@H](C)Sc2ccc(Cl)cc2)cc1. The average Bonchev–Trinajstić information content (AvgIpc) is 2.58. The first kappa shape index (κ1) is 19.3. The molecule has 2 aromatic rings. The largest absolute Gasteiger partial charge is 0.491 e. The zero-order valence-corrected chi connectivity index (χ0v) is 16.0. The quantitative estimate of drug-likeness (QED) is 0.430. The highest BCUT2D eigenvalue weighted by atomic mass is 35.5. The molecule has 0 aliphatic heterocycles. The summed E-state index contributed by atoms with van der Waals surface area (Å²) in [5.74, 6) is 0.653. The maximum atomic E-state index is 12.1. The highest BCUT2D eigenvalue weighted by Gasteiger charge is 2.13. The van der Waals surface area contributed by atoms with Gasteiger partial charge in [-0.15, -0.1) is 11.8 Å². The minimum Gasteiger partial charge on any atom is -0.491 e. The molecule has 4 nitrogen and oxygen atoms in total. The van der Waals surface area contributed by atoms with Crippen LogP contribution in [0, 0.1) is 0 Å². The summed E-state index contributed by atoms with van der Waals surface area (Å²) in [6, 6.07) is 14.9. The van der Waals surface area contributed by atoms with Crippen LogP contribution in [-0.2, 0) is 4.79 Å². The Bertz CT molecular complexity index is 715. The summed E-state index contributed by atoms with van der Waals surface area (Å²) in [6.45, 7) is 5.80. The first-order chi connectivity index (χ1) is 11.9. The van der Waals surface area contributed by atoms with E-state index in [1.165, 1.54) is 11.8 Å². The van der Waals surface area contributed by atoms with Gasteiger partial charge in [0.2, 0.25) is 0 Å². The molecule has 0 aromatic heterocycles. The highest BCUT2D eigenvalue weighted by Crippen LogP contribution is 2.24. The van der Waals surface area contributed by atoms with E-state index in [0.717, 1.165) is 16.2 Å². The van der Waals surface area contributed by atoms with E-state index < -0.39 is 0 Å². The van der Waals surface area contributed by atoms with Crippen LogP contribution >= 0.6 is 23.4 Å². The molecule has 0 aliphatic rings. The molecule has 1 N–H and O–H groups in total. The topological polar surface area (TPSA) is 50.7 Å². The van der Waals surface area contributed by atoms with Crippen molar-refractivity contribution in [3.05, 3.63) is 59.1 Å². The van der Waals surface area contributed by atoms with Gasteiger partial charge in [0.1, 0.15) is 5.75 Å². The number of thioether (sulfide) groups is 1. The van der Waals surface area contributed by atoms with Crippen molar-refractivity contribution >= 4 is 35.5 Å². The Labute approximate surface area is 157 Å². The molecule has 6 heteroatoms. The molecule has 0 unspecified atom stereocenters. The highest BCUT2D eigenvalue weighted by molar-refractivity contribution is 8.00. The number of hydrogen-bond donors (Lipinski definition) is 1. The molecule has 1 amide bonds. The first-order valence-electron chi connectivity index (χ1n) is 7.96. The lowest BCUT2D eigenvalue weighted by Gasteiger charge is -2.10. The number of carbonyl (C=O) groups is 1. The Morgan fingerprint density at radius 3 is 2.36 bits per heavy atom. The van der Waals surface area contributed by atoms with Crippen molar-refractivity contribution in [3.8, 4) is 5.75 Å². The molecule has 132 valence electrons. The minimum absolute atomic E-state index is 0.137. The van der Waals surface area contributed by atoms with Gasteiger partial charge < -0.3 is 4.74 Å². The fourth-order valence-electron chi connectivity index (χ4n) is 1.94. The van der Waals surface area contributed by atoms with E-state index in [9.17, 15) is 4.79 Å². The number of ether oxygens (including phenoxy) is 1. The fourth-order valence-corrected chi connectivity index (χ4v) is 2.92. The second-order valence-electron chi connectivity index (χ2n) is 5.68. The smallest absolute Gasteiger partial charge is 0.253 e. The van der Waals surface area contributed by atoms with Gasteiger partial charge in [0.15, 0.2) is 0 Å². The third-order valence-corrected chi connectivity index (χ3v) is 4.50. The van der Waals surface area contributed by atoms with E-state index in [1.54, 1.807) is 18.3 Å². The van der Waals surface area contributed by atoms with Gasteiger partial charge >= 0.3 is 0 Å². The molecule has 1 atom stereocenters. The van der Waals surface area contributed by atoms with E-state index in [1.807, 2.05) is 57.2 Å². The zero-order chi connectivity index (χ0) is 18.2. The molecule has 25 heavy (non-hydrogen) atoms. The molecule has 0 saturated carbocycles. The minimum atomic E-state index is -0.264. The molecule has 0 aliphatic carbocycles. The van der Waals surface area contributed by atoms with Crippen LogP contribution in [0.5, 0.6) is 5.75 Å². The van der Waals surface area contributed by atoms with E-state index in [2.05, 4.69) is 10.5 Å². The number of nitrogens with zero attached hydrogens (tertiary/aromatic N) is 1. The Balaban J connectivity index is 1.83. The average molecular weight is 377 g/mol. The summed E-state index contributed by atoms with van der Waals surface area (Å²) < 4.78 is 5.58. The molecule has 0 fully saturated rings. The molecule has 0 radical (unpaired) electrons. The van der Waals surface area contributed by atoms with Gasteiger partial charge in [-0.05, 0) is 74.9 Å². The third-order valence-electron chi connectivity index (χ3n) is 3.14. The number of hydrazone groups is 1. The van der Waals surface area contributed by atoms with Crippen molar-refractivity contribution in [3.63, 3.8) is 0 Å². The lowest BCUT2D eigenvalue weighted by molar-refractivity contribution is -0.120. The van der Waals surface area contributed by atoms with E-state index in [0.29, 0.717) is 5.02 Å². The summed E-state index contributed by atoms with van der Waals surface area (Å²) >= 11 is 7.31. The number of benzene rings is 2. The van der Waals surface area contributed by atoms with Crippen LogP contribution in [-0.4, -0.2) is 23.5 Å². The zero-order valence-electron chi connectivity index (χ0n) is 14.4. The molecule has 0 heterocycles. The van der Waals surface area contributed by atoms with Crippen molar-refractivity contribution < 1.29 is 9.53 Å². The van der Waals surface area contributed by atoms with E-state index in [-0.39, 0.29) is 17.3 Å². The molecule has 2 aromatic carbocycles. The van der Waals surface area contributed by atoms with Crippen molar-refractivity contribution in [1.29, 1.82) is 0 Å². The molecule has 0 saturated heterocycles. The summed E-state index contributed by atoms with van der Waals surface area (Å²) in [6.07, 6.45) is 1.75. The summed E-state index contributed by atoms with van der Waals surface area (Å²) in [7, 11) is 0. The molecule has 2 rings (SSSR count). The predicted octanol–water partition coefficient (Wildman–Crippen LogP) is 4.76. The van der Waals surface area contributed by atoms with Gasteiger partial charge in [0, 0.05) is 9.92 Å². The van der Waals surface area contributed by atoms with Crippen LogP contribution in [0.2, 0.25) is 5.02 Å². The molecule has 0 bridgehead atoms. The van der Waals surface area contributed by atoms with Crippen LogP contribution < -0.4 is 10.2 Å². The number of carbonyl (C=O) groups excluding carboxylic acids is 1. The predicted molar refractivity (Wildman–Crippen MR) is 105 cm³/mol. The monoisotopic (exact) mass is 376 g/mol. The molecular formula is C19H21ClN2O2S. The van der Waals surface area contributed by atoms with E-state index in [4.69, 9.17) is 16.3 Å². The van der Waals surface area contributed by atoms with E-state index >= 15 is 0 Å². The summed E-state index contributed by atoms with van der Waals surface area (Å²) in [5.41, 5.74) is 3.45. The van der Waals surface area contributed by atoms with Crippen molar-refractivity contribution in [2.24, 2.45) is 5.10 Å². The third kappa shape index (κ3) is 6.80. The van der Waals surface area contributed by atoms with Crippen molar-refractivity contribution in [1.82, 2.24) is 5.43 Å². The van der Waals surface area contributed by atoms with Crippen LogP contribution in [0.4, 0.5) is 0 Å². The number of amides is 1. The van der Waals surface area contributed by atoms with Crippen molar-refractivity contribution in [2.75, 3.05) is 0 Å². The first-order valence-corrected chi connectivity index (χ1v) is 9.21. The lowest BCUT2D eigenvalue weighted by atomic mass is 10.2. The van der Waals surface area contributed by atoms with Crippen LogP contribution in [0.3, 0.4) is 0 Å². The normalized spacial score (nSPS) is 12.4. The van der Waals surface area contributed by atoms with Crippen molar-refractivity contribution in [2.45, 2.75) is 37.0 Å². The number of halogens is 1. The molecular weight excluding hydrogens is 356 g/mol. The summed E-state index contributed by atoms with van der Waals surface area (Å²) in [4.78, 5) is 13.1. The number of rotatable bonds is 7. The van der Waals surface area contributed by atoms with Gasteiger partial charge in [0.25, 0.3) is 5.91 Å². The van der Waals surface area contributed by atoms with Crippen LogP contribution in [0.1, 0.15) is 26.3 Å². The van der Waals surface area contributed by atoms with Gasteiger partial charge in [-0.3, -0.25) is 4.79 Å². The molecule has 0 spiro atoms. The second kappa shape index (κ2) is 9.49. The maximum Gasteiger partial charge on any atom is 0.253 e.